The molecule has 0 aromatic heterocycles. The summed E-state index contributed by atoms with van der Waals surface area (Å²) in [6.45, 7) is 1.89. The van der Waals surface area contributed by atoms with Crippen molar-refractivity contribution in [1.82, 2.24) is 0 Å². The number of nitrogens with zero attached hydrogens (tertiary/aromatic N) is 2. The summed E-state index contributed by atoms with van der Waals surface area (Å²) >= 11 is 0. The second kappa shape index (κ2) is 7.48. The van der Waals surface area contributed by atoms with Crippen LogP contribution in [-0.2, 0) is 0 Å². The van der Waals surface area contributed by atoms with Crippen LogP contribution in [0.5, 0.6) is 0 Å². The molecule has 8 heteroatoms. The van der Waals surface area contributed by atoms with Crippen LogP contribution in [0.4, 0.5) is 11.4 Å². The number of aromatic carboxylic acids is 1. The molecule has 8 nitrogen and oxygen atoms in total. The van der Waals surface area contributed by atoms with Gasteiger partial charge in [-0.2, -0.15) is 0 Å². The maximum Gasteiger partial charge on any atom is 0.335 e. The van der Waals surface area contributed by atoms with Crippen molar-refractivity contribution in [3.63, 3.8) is 0 Å². The number of carbonyl (C=O) groups is 1. The van der Waals surface area contributed by atoms with Crippen LogP contribution in [0.1, 0.15) is 15.9 Å². The summed E-state index contributed by atoms with van der Waals surface area (Å²) < 4.78 is 0. The Bertz CT molecular complexity index is 646. The lowest BCUT2D eigenvalue weighted by molar-refractivity contribution is -0.385. The number of carboxylic acids is 1. The van der Waals surface area contributed by atoms with Gasteiger partial charge in [-0.3, -0.25) is 20.2 Å². The molecule has 0 aliphatic rings. The molecule has 2 aromatic carbocycles. The molecular weight excluding hydrogens is 292 g/mol. The number of aryl methyl sites for hydroxylation is 1. The molecule has 0 bridgehead atoms. The lowest BCUT2D eigenvalue weighted by Crippen LogP contribution is -1.96. The monoisotopic (exact) mass is 304 g/mol. The topological polar surface area (TPSA) is 124 Å². The summed E-state index contributed by atoms with van der Waals surface area (Å²) in [6.07, 6.45) is 0. The van der Waals surface area contributed by atoms with E-state index in [1.165, 1.54) is 24.3 Å². The Kier molecular flexibility index (Phi) is 5.70. The van der Waals surface area contributed by atoms with E-state index in [1.54, 1.807) is 12.1 Å². The number of rotatable bonds is 3. The largest absolute Gasteiger partial charge is 0.478 e. The molecule has 0 aliphatic carbocycles. The minimum absolute atomic E-state index is 0.0422. The van der Waals surface area contributed by atoms with Crippen LogP contribution in [0.25, 0.3) is 0 Å². The lowest BCUT2D eigenvalue weighted by Gasteiger charge is -1.92. The summed E-state index contributed by atoms with van der Waals surface area (Å²) in [5, 5.41) is 28.7. The van der Waals surface area contributed by atoms with Gasteiger partial charge < -0.3 is 5.11 Å². The van der Waals surface area contributed by atoms with Gasteiger partial charge in [0.25, 0.3) is 11.4 Å². The Morgan fingerprint density at radius 3 is 1.55 bits per heavy atom. The maximum atomic E-state index is 10.3. The Hall–Kier alpha value is -3.29. The molecule has 0 atom stereocenters. The number of carboxylic acid groups (broad SMARTS) is 1. The van der Waals surface area contributed by atoms with Crippen LogP contribution in [0.15, 0.2) is 48.5 Å². The Morgan fingerprint density at radius 1 is 0.864 bits per heavy atom. The summed E-state index contributed by atoms with van der Waals surface area (Å²) in [6, 6.07) is 11.1. The quantitative estimate of drug-likeness (QED) is 0.685. The number of nitro benzene ring substituents is 2. The van der Waals surface area contributed by atoms with Gasteiger partial charge in [-0.15, -0.1) is 0 Å². The second-order valence-corrected chi connectivity index (χ2v) is 4.20. The molecule has 0 fully saturated rings. The molecule has 0 saturated heterocycles. The number of non-ortho nitro benzene ring substituents is 2. The third-order valence-electron chi connectivity index (χ3n) is 2.57. The highest BCUT2D eigenvalue weighted by molar-refractivity contribution is 5.87. The highest BCUT2D eigenvalue weighted by Crippen LogP contribution is 2.11. The number of hydrogen-bond acceptors (Lipinski definition) is 5. The molecule has 0 aliphatic heterocycles. The van der Waals surface area contributed by atoms with Gasteiger partial charge in [-0.05, 0) is 19.1 Å². The van der Waals surface area contributed by atoms with E-state index in [4.69, 9.17) is 5.11 Å². The first-order chi connectivity index (χ1) is 10.3. The van der Waals surface area contributed by atoms with Crippen LogP contribution in [0.3, 0.4) is 0 Å². The summed E-state index contributed by atoms with van der Waals surface area (Å²) in [5.41, 5.74) is 1.11. The third-order valence-corrected chi connectivity index (χ3v) is 2.57. The fourth-order valence-corrected chi connectivity index (χ4v) is 1.39. The molecular formula is C14H12N2O6. The smallest absolute Gasteiger partial charge is 0.335 e. The van der Waals surface area contributed by atoms with Gasteiger partial charge in [0.05, 0.1) is 15.4 Å². The first-order valence-corrected chi connectivity index (χ1v) is 6.00. The van der Waals surface area contributed by atoms with Crippen LogP contribution >= 0.6 is 0 Å². The molecule has 2 rings (SSSR count). The zero-order chi connectivity index (χ0) is 16.7. The van der Waals surface area contributed by atoms with E-state index < -0.39 is 15.8 Å². The van der Waals surface area contributed by atoms with Crippen LogP contribution in [0, 0.1) is 27.2 Å². The molecule has 0 spiro atoms. The fourth-order valence-electron chi connectivity index (χ4n) is 1.39. The minimum atomic E-state index is -1.09. The normalized spacial score (nSPS) is 9.32. The van der Waals surface area contributed by atoms with E-state index in [1.807, 2.05) is 6.92 Å². The summed E-state index contributed by atoms with van der Waals surface area (Å²) in [5.74, 6) is -1.09. The average molecular weight is 304 g/mol. The van der Waals surface area contributed by atoms with E-state index in [9.17, 15) is 25.0 Å². The van der Waals surface area contributed by atoms with Gasteiger partial charge in [0, 0.05) is 24.3 Å². The van der Waals surface area contributed by atoms with Crippen molar-refractivity contribution in [2.45, 2.75) is 6.92 Å². The highest BCUT2D eigenvalue weighted by atomic mass is 16.6. The van der Waals surface area contributed by atoms with Crippen molar-refractivity contribution < 1.29 is 19.7 Å². The van der Waals surface area contributed by atoms with Crippen molar-refractivity contribution in [3.05, 3.63) is 79.9 Å². The predicted molar refractivity (Wildman–Crippen MR) is 77.9 cm³/mol. The molecule has 1 N–H and O–H groups in total. The zero-order valence-electron chi connectivity index (χ0n) is 11.5. The Morgan fingerprint density at radius 2 is 1.23 bits per heavy atom. The van der Waals surface area contributed by atoms with Crippen molar-refractivity contribution in [3.8, 4) is 0 Å². The summed E-state index contributed by atoms with van der Waals surface area (Å²) in [7, 11) is 0. The van der Waals surface area contributed by atoms with Crippen molar-refractivity contribution in [2.24, 2.45) is 0 Å². The SMILES string of the molecule is Cc1ccc([N+](=O)[O-])cc1.O=C(O)c1ccc([N+](=O)[O-])cc1. The van der Waals surface area contributed by atoms with Crippen LogP contribution in [-0.4, -0.2) is 20.9 Å². The molecule has 0 heterocycles. The maximum absolute atomic E-state index is 10.3. The second-order valence-electron chi connectivity index (χ2n) is 4.20. The predicted octanol–water partition coefficient (Wildman–Crippen LogP) is 3.20. The molecule has 0 amide bonds. The number of benzene rings is 2. The lowest BCUT2D eigenvalue weighted by atomic mass is 10.2. The van der Waals surface area contributed by atoms with Crippen molar-refractivity contribution >= 4 is 17.3 Å². The van der Waals surface area contributed by atoms with Crippen LogP contribution in [0.2, 0.25) is 0 Å². The van der Waals surface area contributed by atoms with Gasteiger partial charge in [0.2, 0.25) is 0 Å². The molecule has 0 unspecified atom stereocenters. The number of hydrogen-bond donors (Lipinski definition) is 1. The van der Waals surface area contributed by atoms with Gasteiger partial charge in [0.15, 0.2) is 0 Å². The first kappa shape index (κ1) is 16.8. The molecule has 0 saturated carbocycles. The van der Waals surface area contributed by atoms with Gasteiger partial charge in [-0.25, -0.2) is 4.79 Å². The van der Waals surface area contributed by atoms with Crippen LogP contribution < -0.4 is 0 Å². The van der Waals surface area contributed by atoms with E-state index in [0.717, 1.165) is 17.7 Å². The minimum Gasteiger partial charge on any atom is -0.478 e. The van der Waals surface area contributed by atoms with Gasteiger partial charge in [-0.1, -0.05) is 17.7 Å². The van der Waals surface area contributed by atoms with E-state index in [2.05, 4.69) is 0 Å². The standard InChI is InChI=1S/C7H5NO4.C7H7NO2/c9-7(10)5-1-3-6(4-2-5)8(11)12;1-6-2-4-7(5-3-6)8(9)10/h1-4H,(H,9,10);2-5H,1H3. The summed E-state index contributed by atoms with van der Waals surface area (Å²) in [4.78, 5) is 29.6. The van der Waals surface area contributed by atoms with Gasteiger partial charge in [0.1, 0.15) is 0 Å². The van der Waals surface area contributed by atoms with Crippen molar-refractivity contribution in [1.29, 1.82) is 0 Å². The van der Waals surface area contributed by atoms with Crippen molar-refractivity contribution in [2.75, 3.05) is 0 Å². The molecule has 114 valence electrons. The van der Waals surface area contributed by atoms with E-state index >= 15 is 0 Å². The molecule has 0 radical (unpaired) electrons. The van der Waals surface area contributed by atoms with E-state index in [-0.39, 0.29) is 16.9 Å². The fraction of sp³-hybridized carbons (Fsp3) is 0.0714. The number of nitro groups is 2. The zero-order valence-corrected chi connectivity index (χ0v) is 11.5. The molecule has 22 heavy (non-hydrogen) atoms. The average Bonchev–Trinajstić information content (AvgIpc) is 2.48. The highest BCUT2D eigenvalue weighted by Gasteiger charge is 2.06. The Labute approximate surface area is 124 Å². The third kappa shape index (κ3) is 5.00. The van der Waals surface area contributed by atoms with E-state index in [0.29, 0.717) is 0 Å². The molecule has 2 aromatic rings. The first-order valence-electron chi connectivity index (χ1n) is 6.00. The Balaban J connectivity index is 0.000000224. The van der Waals surface area contributed by atoms with Gasteiger partial charge >= 0.3 is 5.97 Å².